The van der Waals surface area contributed by atoms with E-state index in [0.717, 1.165) is 11.8 Å². The van der Waals surface area contributed by atoms with Gasteiger partial charge in [0.25, 0.3) is 0 Å². The highest BCUT2D eigenvalue weighted by Gasteiger charge is 2.16. The summed E-state index contributed by atoms with van der Waals surface area (Å²) in [6.07, 6.45) is 0. The van der Waals surface area contributed by atoms with Crippen molar-refractivity contribution in [2.24, 2.45) is 0 Å². The standard InChI is InChI=1S/C17H12Cl2N2O2S/c1-9-14(10(2)22)5-11(7-20)17(21-9)24-8-16(23)13-4-3-12(18)6-15(13)19/h3-6H,8H2,1-2H3. The number of aromatic nitrogens is 1. The van der Waals surface area contributed by atoms with E-state index < -0.39 is 0 Å². The smallest absolute Gasteiger partial charge is 0.174 e. The first-order valence-electron chi connectivity index (χ1n) is 6.87. The Labute approximate surface area is 153 Å². The van der Waals surface area contributed by atoms with Gasteiger partial charge in [-0.15, -0.1) is 0 Å². The molecule has 0 atom stereocenters. The SMILES string of the molecule is CC(=O)c1cc(C#N)c(SCC(=O)c2ccc(Cl)cc2Cl)nc1C. The number of carbonyl (C=O) groups excluding carboxylic acids is 2. The fraction of sp³-hybridized carbons (Fsp3) is 0.176. The minimum Gasteiger partial charge on any atom is -0.294 e. The Hall–Kier alpha value is -1.87. The van der Waals surface area contributed by atoms with Gasteiger partial charge in [-0.05, 0) is 38.1 Å². The number of nitriles is 1. The van der Waals surface area contributed by atoms with Gasteiger partial charge in [-0.3, -0.25) is 9.59 Å². The molecule has 7 heteroatoms. The Morgan fingerprint density at radius 1 is 1.25 bits per heavy atom. The molecule has 0 bridgehead atoms. The number of thioether (sulfide) groups is 1. The van der Waals surface area contributed by atoms with Crippen LogP contribution in [0.5, 0.6) is 0 Å². The van der Waals surface area contributed by atoms with Crippen LogP contribution in [0.4, 0.5) is 0 Å². The summed E-state index contributed by atoms with van der Waals surface area (Å²) in [5.41, 5.74) is 1.57. The molecule has 24 heavy (non-hydrogen) atoms. The second kappa shape index (κ2) is 7.80. The number of halogens is 2. The lowest BCUT2D eigenvalue weighted by Gasteiger charge is -2.08. The zero-order valence-electron chi connectivity index (χ0n) is 12.9. The van der Waals surface area contributed by atoms with E-state index in [0.29, 0.717) is 26.9 Å². The predicted octanol–water partition coefficient (Wildman–Crippen LogP) is 4.75. The second-order valence-corrected chi connectivity index (χ2v) is 6.79. The summed E-state index contributed by atoms with van der Waals surface area (Å²) >= 11 is 13.0. The summed E-state index contributed by atoms with van der Waals surface area (Å²) in [5, 5.41) is 10.4. The molecule has 0 aliphatic carbocycles. The van der Waals surface area contributed by atoms with Crippen molar-refractivity contribution in [3.05, 3.63) is 56.7 Å². The molecule has 2 aromatic rings. The number of ketones is 2. The van der Waals surface area contributed by atoms with Crippen LogP contribution in [0.15, 0.2) is 29.3 Å². The first-order valence-corrected chi connectivity index (χ1v) is 8.61. The minimum atomic E-state index is -0.194. The molecule has 0 saturated heterocycles. The van der Waals surface area contributed by atoms with Gasteiger partial charge in [0, 0.05) is 21.8 Å². The molecule has 0 radical (unpaired) electrons. The molecule has 0 spiro atoms. The zero-order chi connectivity index (χ0) is 17.9. The maximum Gasteiger partial charge on any atom is 0.174 e. The van der Waals surface area contributed by atoms with E-state index >= 15 is 0 Å². The van der Waals surface area contributed by atoms with Crippen LogP contribution in [0.25, 0.3) is 0 Å². The van der Waals surface area contributed by atoms with Gasteiger partial charge in [-0.25, -0.2) is 4.98 Å². The van der Waals surface area contributed by atoms with Gasteiger partial charge in [0.05, 0.1) is 16.3 Å². The van der Waals surface area contributed by atoms with Crippen molar-refractivity contribution in [1.82, 2.24) is 4.98 Å². The Morgan fingerprint density at radius 2 is 1.96 bits per heavy atom. The van der Waals surface area contributed by atoms with Gasteiger partial charge in [0.1, 0.15) is 11.1 Å². The molecule has 1 heterocycles. The molecule has 0 N–H and O–H groups in total. The van der Waals surface area contributed by atoms with Crippen LogP contribution >= 0.6 is 35.0 Å². The summed E-state index contributed by atoms with van der Waals surface area (Å²) in [7, 11) is 0. The molecule has 4 nitrogen and oxygen atoms in total. The van der Waals surface area contributed by atoms with E-state index in [4.69, 9.17) is 23.2 Å². The van der Waals surface area contributed by atoms with Crippen molar-refractivity contribution >= 4 is 46.5 Å². The van der Waals surface area contributed by atoms with Crippen LogP contribution in [-0.2, 0) is 0 Å². The Kier molecular flexibility index (Phi) is 6.00. The molecular formula is C17H12Cl2N2O2S. The first-order chi connectivity index (χ1) is 11.3. The third-order valence-electron chi connectivity index (χ3n) is 3.25. The number of carbonyl (C=O) groups is 2. The topological polar surface area (TPSA) is 70.8 Å². The Balaban J connectivity index is 2.23. The molecular weight excluding hydrogens is 367 g/mol. The number of pyridine rings is 1. The molecule has 1 aromatic heterocycles. The normalized spacial score (nSPS) is 10.3. The van der Waals surface area contributed by atoms with E-state index in [9.17, 15) is 14.9 Å². The van der Waals surface area contributed by atoms with Gasteiger partial charge in [0.15, 0.2) is 11.6 Å². The van der Waals surface area contributed by atoms with Crippen LogP contribution in [0, 0.1) is 18.3 Å². The molecule has 122 valence electrons. The van der Waals surface area contributed by atoms with E-state index in [1.165, 1.54) is 19.1 Å². The summed E-state index contributed by atoms with van der Waals surface area (Å²) < 4.78 is 0. The summed E-state index contributed by atoms with van der Waals surface area (Å²) in [5.74, 6) is -0.278. The lowest BCUT2D eigenvalue weighted by molar-refractivity contribution is 0.101. The lowest BCUT2D eigenvalue weighted by Crippen LogP contribution is -2.06. The molecule has 0 saturated carbocycles. The van der Waals surface area contributed by atoms with Crippen LogP contribution in [0.1, 0.15) is 38.9 Å². The van der Waals surface area contributed by atoms with Crippen molar-refractivity contribution in [3.8, 4) is 6.07 Å². The van der Waals surface area contributed by atoms with Crippen molar-refractivity contribution < 1.29 is 9.59 Å². The van der Waals surface area contributed by atoms with Gasteiger partial charge in [0.2, 0.25) is 0 Å². The largest absolute Gasteiger partial charge is 0.294 e. The number of Topliss-reactive ketones (excluding diaryl/α,β-unsaturated/α-hetero) is 2. The molecule has 0 aliphatic rings. The Bertz CT molecular complexity index is 876. The molecule has 2 rings (SSSR count). The monoisotopic (exact) mass is 378 g/mol. The molecule has 0 amide bonds. The molecule has 0 unspecified atom stereocenters. The van der Waals surface area contributed by atoms with E-state index in [1.54, 1.807) is 19.1 Å². The zero-order valence-corrected chi connectivity index (χ0v) is 15.2. The first kappa shape index (κ1) is 18.5. The molecule has 1 aromatic carbocycles. The van der Waals surface area contributed by atoms with Crippen molar-refractivity contribution in [2.45, 2.75) is 18.9 Å². The number of rotatable bonds is 5. The summed E-state index contributed by atoms with van der Waals surface area (Å²) in [6, 6.07) is 8.18. The van der Waals surface area contributed by atoms with Crippen LogP contribution in [-0.4, -0.2) is 22.3 Å². The van der Waals surface area contributed by atoms with Crippen LogP contribution < -0.4 is 0 Å². The highest BCUT2D eigenvalue weighted by atomic mass is 35.5. The van der Waals surface area contributed by atoms with Crippen molar-refractivity contribution in [1.29, 1.82) is 5.26 Å². The summed E-state index contributed by atoms with van der Waals surface area (Å²) in [4.78, 5) is 28.1. The number of benzene rings is 1. The minimum absolute atomic E-state index is 0.0713. The fourth-order valence-corrected chi connectivity index (χ4v) is 3.46. The van der Waals surface area contributed by atoms with Crippen molar-refractivity contribution in [3.63, 3.8) is 0 Å². The van der Waals surface area contributed by atoms with Gasteiger partial charge in [-0.1, -0.05) is 35.0 Å². The average Bonchev–Trinajstić information content (AvgIpc) is 2.52. The quantitative estimate of drug-likeness (QED) is 0.554. The molecule has 0 fully saturated rings. The number of aryl methyl sites for hydroxylation is 1. The van der Waals surface area contributed by atoms with Crippen LogP contribution in [0.3, 0.4) is 0 Å². The van der Waals surface area contributed by atoms with E-state index in [2.05, 4.69) is 4.98 Å². The number of nitrogens with zero attached hydrogens (tertiary/aromatic N) is 2. The fourth-order valence-electron chi connectivity index (χ4n) is 2.06. The van der Waals surface area contributed by atoms with Gasteiger partial charge >= 0.3 is 0 Å². The van der Waals surface area contributed by atoms with E-state index in [-0.39, 0.29) is 27.9 Å². The van der Waals surface area contributed by atoms with E-state index in [1.807, 2.05) is 6.07 Å². The maximum atomic E-state index is 12.3. The van der Waals surface area contributed by atoms with Crippen LogP contribution in [0.2, 0.25) is 10.0 Å². The highest BCUT2D eigenvalue weighted by molar-refractivity contribution is 8.00. The molecule has 0 aliphatic heterocycles. The van der Waals surface area contributed by atoms with Crippen molar-refractivity contribution in [2.75, 3.05) is 5.75 Å². The number of hydrogen-bond donors (Lipinski definition) is 0. The average molecular weight is 379 g/mol. The maximum absolute atomic E-state index is 12.3. The number of hydrogen-bond acceptors (Lipinski definition) is 5. The van der Waals surface area contributed by atoms with Gasteiger partial charge in [-0.2, -0.15) is 5.26 Å². The summed E-state index contributed by atoms with van der Waals surface area (Å²) in [6.45, 7) is 3.11. The highest BCUT2D eigenvalue weighted by Crippen LogP contribution is 2.26. The lowest BCUT2D eigenvalue weighted by atomic mass is 10.1. The Morgan fingerprint density at radius 3 is 2.54 bits per heavy atom. The van der Waals surface area contributed by atoms with Gasteiger partial charge < -0.3 is 0 Å². The third kappa shape index (κ3) is 4.15. The predicted molar refractivity (Wildman–Crippen MR) is 95.2 cm³/mol. The second-order valence-electron chi connectivity index (χ2n) is 4.98. The third-order valence-corrected chi connectivity index (χ3v) is 4.79.